The van der Waals surface area contributed by atoms with E-state index in [0.29, 0.717) is 12.8 Å². The van der Waals surface area contributed by atoms with Crippen LogP contribution in [-0.2, 0) is 25.6 Å². The summed E-state index contributed by atoms with van der Waals surface area (Å²) in [5.74, 6) is -0.907. The van der Waals surface area contributed by atoms with Crippen LogP contribution in [0.3, 0.4) is 0 Å². The van der Waals surface area contributed by atoms with Crippen LogP contribution in [0.5, 0.6) is 0 Å². The summed E-state index contributed by atoms with van der Waals surface area (Å²) < 4.78 is 12.9. The lowest BCUT2D eigenvalue weighted by Gasteiger charge is -2.15. The van der Waals surface area contributed by atoms with E-state index in [-0.39, 0.29) is 6.54 Å². The van der Waals surface area contributed by atoms with E-state index in [1.807, 2.05) is 35.8 Å². The summed E-state index contributed by atoms with van der Waals surface area (Å²) in [5.41, 5.74) is 0.840. The number of benzene rings is 1. The number of fused-ring (bicyclic) bond motifs is 1. The lowest BCUT2D eigenvalue weighted by atomic mass is 10.2. The van der Waals surface area contributed by atoms with Gasteiger partial charge in [0.05, 0.1) is 7.11 Å². The highest BCUT2D eigenvalue weighted by atomic mass is 79.9. The van der Waals surface area contributed by atoms with Gasteiger partial charge < -0.3 is 14.0 Å². The van der Waals surface area contributed by atoms with E-state index in [1.54, 1.807) is 0 Å². The second-order valence-corrected chi connectivity index (χ2v) is 6.26. The van der Waals surface area contributed by atoms with Crippen molar-refractivity contribution in [3.8, 4) is 0 Å². The molecule has 0 aliphatic heterocycles. The topological polar surface area (TPSA) is 57.5 Å². The molecule has 1 saturated carbocycles. The Bertz CT molecular complexity index is 761. The summed E-state index contributed by atoms with van der Waals surface area (Å²) in [6.07, 6.45) is 1.06. The van der Waals surface area contributed by atoms with Gasteiger partial charge in [-0.2, -0.15) is 0 Å². The maximum atomic E-state index is 12.2. The fourth-order valence-electron chi connectivity index (χ4n) is 2.62. The van der Waals surface area contributed by atoms with E-state index < -0.39 is 17.5 Å². The van der Waals surface area contributed by atoms with Gasteiger partial charge in [-0.3, -0.25) is 4.79 Å². The van der Waals surface area contributed by atoms with Crippen molar-refractivity contribution in [3.05, 3.63) is 34.4 Å². The van der Waals surface area contributed by atoms with Crippen LogP contribution in [0.4, 0.5) is 0 Å². The molecule has 1 heterocycles. The largest absolute Gasteiger partial charge is 0.466 e. The first kappa shape index (κ1) is 15.1. The molecule has 0 N–H and O–H groups in total. The Kier molecular flexibility index (Phi) is 3.72. The molecular formula is C16H16BrNO4. The SMILES string of the molecule is COC(=O)C1(OC(=O)Cn2c(C)c(Br)c3ccccc32)CC1. The maximum Gasteiger partial charge on any atom is 0.350 e. The summed E-state index contributed by atoms with van der Waals surface area (Å²) >= 11 is 3.55. The van der Waals surface area contributed by atoms with Crippen LogP contribution >= 0.6 is 15.9 Å². The molecule has 22 heavy (non-hydrogen) atoms. The molecule has 116 valence electrons. The average molecular weight is 366 g/mol. The smallest absolute Gasteiger partial charge is 0.350 e. The van der Waals surface area contributed by atoms with E-state index >= 15 is 0 Å². The Morgan fingerprint density at radius 3 is 2.64 bits per heavy atom. The van der Waals surface area contributed by atoms with Crippen LogP contribution < -0.4 is 0 Å². The van der Waals surface area contributed by atoms with Gasteiger partial charge in [-0.15, -0.1) is 0 Å². The minimum atomic E-state index is -1.06. The zero-order chi connectivity index (χ0) is 15.9. The van der Waals surface area contributed by atoms with E-state index in [2.05, 4.69) is 15.9 Å². The third-order valence-corrected chi connectivity index (χ3v) is 5.01. The number of para-hydroxylation sites is 1. The molecule has 0 bridgehead atoms. The average Bonchev–Trinajstić information content (AvgIpc) is 3.26. The Labute approximate surface area is 136 Å². The van der Waals surface area contributed by atoms with Crippen LogP contribution in [-0.4, -0.2) is 29.2 Å². The maximum absolute atomic E-state index is 12.2. The zero-order valence-electron chi connectivity index (χ0n) is 12.4. The molecule has 0 radical (unpaired) electrons. The van der Waals surface area contributed by atoms with Crippen LogP contribution in [0, 0.1) is 6.92 Å². The molecule has 1 fully saturated rings. The van der Waals surface area contributed by atoms with Gasteiger partial charge in [-0.25, -0.2) is 4.79 Å². The number of hydrogen-bond donors (Lipinski definition) is 0. The normalized spacial score (nSPS) is 15.6. The van der Waals surface area contributed by atoms with Crippen LogP contribution in [0.1, 0.15) is 18.5 Å². The molecule has 6 heteroatoms. The highest BCUT2D eigenvalue weighted by Crippen LogP contribution is 2.41. The monoisotopic (exact) mass is 365 g/mol. The molecule has 1 aliphatic carbocycles. The lowest BCUT2D eigenvalue weighted by molar-refractivity contribution is -0.169. The number of methoxy groups -OCH3 is 1. The van der Waals surface area contributed by atoms with Gasteiger partial charge in [-0.1, -0.05) is 18.2 Å². The van der Waals surface area contributed by atoms with Gasteiger partial charge in [0.25, 0.3) is 0 Å². The standard InChI is InChI=1S/C16H16BrNO4/c1-10-14(17)11-5-3-4-6-12(11)18(10)9-13(19)22-16(7-8-16)15(20)21-2/h3-6H,7-9H2,1-2H3. The van der Waals surface area contributed by atoms with Crippen molar-refractivity contribution in [2.75, 3.05) is 7.11 Å². The first-order valence-corrected chi connectivity index (χ1v) is 7.81. The Hall–Kier alpha value is -1.82. The molecule has 5 nitrogen and oxygen atoms in total. The van der Waals surface area contributed by atoms with E-state index in [0.717, 1.165) is 21.1 Å². The molecule has 1 aliphatic rings. The fraction of sp³-hybridized carbons (Fsp3) is 0.375. The lowest BCUT2D eigenvalue weighted by Crippen LogP contribution is -2.32. The number of hydrogen-bond acceptors (Lipinski definition) is 4. The van der Waals surface area contributed by atoms with Gasteiger partial charge in [0, 0.05) is 33.9 Å². The predicted octanol–water partition coefficient (Wildman–Crippen LogP) is 2.96. The van der Waals surface area contributed by atoms with Crippen molar-refractivity contribution in [2.24, 2.45) is 0 Å². The summed E-state index contributed by atoms with van der Waals surface area (Å²) in [7, 11) is 1.30. The first-order chi connectivity index (χ1) is 10.5. The zero-order valence-corrected chi connectivity index (χ0v) is 14.0. The second kappa shape index (κ2) is 5.43. The van der Waals surface area contributed by atoms with Crippen molar-refractivity contribution >= 4 is 38.8 Å². The van der Waals surface area contributed by atoms with E-state index in [4.69, 9.17) is 9.47 Å². The molecule has 0 amide bonds. The van der Waals surface area contributed by atoms with Gasteiger partial charge in [0.15, 0.2) is 0 Å². The fourth-order valence-corrected chi connectivity index (χ4v) is 3.17. The third kappa shape index (κ3) is 2.41. The Morgan fingerprint density at radius 2 is 2.00 bits per heavy atom. The first-order valence-electron chi connectivity index (χ1n) is 7.02. The quantitative estimate of drug-likeness (QED) is 0.781. The molecule has 0 atom stereocenters. The number of esters is 2. The summed E-state index contributed by atoms with van der Waals surface area (Å²) in [5, 5.41) is 1.04. The van der Waals surface area contributed by atoms with Crippen molar-refractivity contribution in [1.82, 2.24) is 4.57 Å². The minimum Gasteiger partial charge on any atom is -0.466 e. The van der Waals surface area contributed by atoms with E-state index in [9.17, 15) is 9.59 Å². The molecule has 0 unspecified atom stereocenters. The van der Waals surface area contributed by atoms with Gasteiger partial charge in [0.1, 0.15) is 6.54 Å². The molecule has 3 rings (SSSR count). The predicted molar refractivity (Wildman–Crippen MR) is 84.4 cm³/mol. The molecule has 1 aromatic heterocycles. The highest BCUT2D eigenvalue weighted by Gasteiger charge is 2.55. The van der Waals surface area contributed by atoms with Gasteiger partial charge in [-0.05, 0) is 28.9 Å². The Morgan fingerprint density at radius 1 is 1.32 bits per heavy atom. The van der Waals surface area contributed by atoms with Crippen LogP contribution in [0.2, 0.25) is 0 Å². The van der Waals surface area contributed by atoms with Crippen molar-refractivity contribution in [2.45, 2.75) is 31.9 Å². The number of aromatic nitrogens is 1. The minimum absolute atomic E-state index is 0.0662. The molecular weight excluding hydrogens is 350 g/mol. The van der Waals surface area contributed by atoms with Crippen molar-refractivity contribution < 1.29 is 19.1 Å². The number of ether oxygens (including phenoxy) is 2. The number of nitrogens with zero attached hydrogens (tertiary/aromatic N) is 1. The van der Waals surface area contributed by atoms with Crippen molar-refractivity contribution in [1.29, 1.82) is 0 Å². The molecule has 0 spiro atoms. The number of carbonyl (C=O) groups excluding carboxylic acids is 2. The van der Waals surface area contributed by atoms with Gasteiger partial charge in [0.2, 0.25) is 5.60 Å². The molecule has 0 saturated heterocycles. The summed E-state index contributed by atoms with van der Waals surface area (Å²) in [4.78, 5) is 23.9. The molecule has 1 aromatic carbocycles. The second-order valence-electron chi connectivity index (χ2n) is 5.46. The number of halogens is 1. The third-order valence-electron chi connectivity index (χ3n) is 4.01. The molecule has 2 aromatic rings. The summed E-state index contributed by atoms with van der Waals surface area (Å²) in [6, 6.07) is 7.82. The highest BCUT2D eigenvalue weighted by molar-refractivity contribution is 9.10. The van der Waals surface area contributed by atoms with Crippen LogP contribution in [0.15, 0.2) is 28.7 Å². The van der Waals surface area contributed by atoms with Crippen molar-refractivity contribution in [3.63, 3.8) is 0 Å². The van der Waals surface area contributed by atoms with Gasteiger partial charge >= 0.3 is 11.9 Å². The number of carbonyl (C=O) groups is 2. The summed E-state index contributed by atoms with van der Waals surface area (Å²) in [6.45, 7) is 2.00. The number of rotatable bonds is 4. The van der Waals surface area contributed by atoms with Crippen LogP contribution in [0.25, 0.3) is 10.9 Å². The van der Waals surface area contributed by atoms with E-state index in [1.165, 1.54) is 7.11 Å². The Balaban J connectivity index is 1.84.